The van der Waals surface area contributed by atoms with Gasteiger partial charge in [0.1, 0.15) is 17.9 Å². The fourth-order valence-electron chi connectivity index (χ4n) is 2.58. The number of hydrogen-bond acceptors (Lipinski definition) is 6. The van der Waals surface area contributed by atoms with Gasteiger partial charge in [-0.3, -0.25) is 24.6 Å². The van der Waals surface area contributed by atoms with E-state index in [1.807, 2.05) is 6.07 Å². The van der Waals surface area contributed by atoms with Crippen molar-refractivity contribution in [1.82, 2.24) is 4.90 Å². The quantitative estimate of drug-likeness (QED) is 0.469. The molecule has 0 N–H and O–H groups in total. The minimum atomic E-state index is -0.707. The maximum absolute atomic E-state index is 12.4. The summed E-state index contributed by atoms with van der Waals surface area (Å²) in [5.41, 5.74) is -0.135. The van der Waals surface area contributed by atoms with E-state index in [0.717, 1.165) is 4.90 Å². The van der Waals surface area contributed by atoms with E-state index in [1.165, 1.54) is 24.3 Å². The largest absolute Gasteiger partial charge is 0.492 e. The summed E-state index contributed by atoms with van der Waals surface area (Å²) in [7, 11) is 0. The van der Waals surface area contributed by atoms with Crippen LogP contribution in [0.25, 0.3) is 0 Å². The van der Waals surface area contributed by atoms with Gasteiger partial charge in [0.25, 0.3) is 17.5 Å². The predicted octanol–water partition coefficient (Wildman–Crippen LogP) is 2.14. The first kappa shape index (κ1) is 16.1. The van der Waals surface area contributed by atoms with Gasteiger partial charge >= 0.3 is 0 Å². The van der Waals surface area contributed by atoms with Gasteiger partial charge in [-0.25, -0.2) is 0 Å². The first-order valence-electron chi connectivity index (χ1n) is 7.29. The highest BCUT2D eigenvalue weighted by molar-refractivity contribution is 6.23. The van der Waals surface area contributed by atoms with Crippen molar-refractivity contribution < 1.29 is 19.2 Å². The van der Waals surface area contributed by atoms with E-state index in [9.17, 15) is 19.7 Å². The second-order valence-corrected chi connectivity index (χ2v) is 5.21. The number of nitriles is 1. The molecule has 1 heterocycles. The lowest BCUT2D eigenvalue weighted by molar-refractivity contribution is -0.385. The zero-order valence-corrected chi connectivity index (χ0v) is 12.8. The van der Waals surface area contributed by atoms with Crippen LogP contribution in [-0.4, -0.2) is 34.8 Å². The molecule has 0 atom stereocenters. The van der Waals surface area contributed by atoms with Crippen LogP contribution in [0.2, 0.25) is 0 Å². The molecule has 0 fully saturated rings. The van der Waals surface area contributed by atoms with E-state index >= 15 is 0 Å². The molecule has 8 nitrogen and oxygen atoms in total. The Kier molecular flexibility index (Phi) is 4.14. The van der Waals surface area contributed by atoms with Crippen molar-refractivity contribution in [3.63, 3.8) is 0 Å². The standard InChI is InChI=1S/C17H11N3O5/c18-10-11-3-1-4-12(9-11)25-8-7-19-16(21)13-5-2-6-14(20(23)24)15(13)17(19)22/h1-6,9H,7-8H2. The van der Waals surface area contributed by atoms with E-state index < -0.39 is 16.7 Å². The number of hydrogen-bond donors (Lipinski definition) is 0. The number of nitrogens with zero attached hydrogens (tertiary/aromatic N) is 3. The van der Waals surface area contributed by atoms with Gasteiger partial charge in [-0.2, -0.15) is 5.26 Å². The fraction of sp³-hybridized carbons (Fsp3) is 0.118. The lowest BCUT2D eigenvalue weighted by Crippen LogP contribution is -2.33. The average molecular weight is 337 g/mol. The van der Waals surface area contributed by atoms with E-state index in [0.29, 0.717) is 11.3 Å². The lowest BCUT2D eigenvalue weighted by Gasteiger charge is -2.14. The summed E-state index contributed by atoms with van der Waals surface area (Å²) in [6, 6.07) is 12.4. The maximum atomic E-state index is 12.4. The second-order valence-electron chi connectivity index (χ2n) is 5.21. The van der Waals surface area contributed by atoms with E-state index in [4.69, 9.17) is 10.00 Å². The van der Waals surface area contributed by atoms with Crippen LogP contribution in [0.5, 0.6) is 5.75 Å². The van der Waals surface area contributed by atoms with Gasteiger partial charge < -0.3 is 4.74 Å². The summed E-state index contributed by atoms with van der Waals surface area (Å²) in [6.45, 7) is -0.0472. The van der Waals surface area contributed by atoms with Crippen molar-refractivity contribution in [3.05, 3.63) is 69.3 Å². The van der Waals surface area contributed by atoms with Crippen LogP contribution in [0.3, 0.4) is 0 Å². The fourth-order valence-corrected chi connectivity index (χ4v) is 2.58. The number of fused-ring (bicyclic) bond motifs is 1. The highest BCUT2D eigenvalue weighted by Crippen LogP contribution is 2.30. The van der Waals surface area contributed by atoms with Crippen molar-refractivity contribution in [2.45, 2.75) is 0 Å². The number of carbonyl (C=O) groups is 2. The third kappa shape index (κ3) is 2.90. The molecule has 0 radical (unpaired) electrons. The topological polar surface area (TPSA) is 114 Å². The SMILES string of the molecule is N#Cc1cccc(OCCN2C(=O)c3cccc([N+](=O)[O-])c3C2=O)c1. The molecule has 1 aliphatic rings. The summed E-state index contributed by atoms with van der Waals surface area (Å²) in [5, 5.41) is 19.9. The first-order valence-corrected chi connectivity index (χ1v) is 7.29. The summed E-state index contributed by atoms with van der Waals surface area (Å²) in [4.78, 5) is 36.0. The smallest absolute Gasteiger partial charge is 0.282 e. The van der Waals surface area contributed by atoms with Crippen LogP contribution >= 0.6 is 0 Å². The van der Waals surface area contributed by atoms with Crippen LogP contribution in [0.1, 0.15) is 26.3 Å². The van der Waals surface area contributed by atoms with Gasteiger partial charge in [0, 0.05) is 6.07 Å². The number of ether oxygens (including phenoxy) is 1. The Morgan fingerprint density at radius 2 is 1.92 bits per heavy atom. The molecule has 3 rings (SSSR count). The van der Waals surface area contributed by atoms with Gasteiger partial charge in [0.15, 0.2) is 0 Å². The number of nitro benzene ring substituents is 1. The number of imide groups is 1. The molecule has 2 aromatic rings. The normalized spacial score (nSPS) is 12.7. The Morgan fingerprint density at radius 1 is 1.16 bits per heavy atom. The Bertz CT molecular complexity index is 932. The van der Waals surface area contributed by atoms with Crippen molar-refractivity contribution >= 4 is 17.5 Å². The minimum absolute atomic E-state index is 0.00808. The highest BCUT2D eigenvalue weighted by Gasteiger charge is 2.40. The van der Waals surface area contributed by atoms with Crippen molar-refractivity contribution in [2.75, 3.05) is 13.2 Å². The summed E-state index contributed by atoms with van der Waals surface area (Å²) in [6.07, 6.45) is 0. The molecule has 0 bridgehead atoms. The highest BCUT2D eigenvalue weighted by atomic mass is 16.6. The zero-order chi connectivity index (χ0) is 18.0. The van der Waals surface area contributed by atoms with E-state index in [1.54, 1.807) is 18.2 Å². The van der Waals surface area contributed by atoms with E-state index in [2.05, 4.69) is 0 Å². The Hall–Kier alpha value is -3.73. The molecule has 124 valence electrons. The molecule has 0 saturated heterocycles. The number of amides is 2. The van der Waals surface area contributed by atoms with Gasteiger partial charge in [-0.15, -0.1) is 0 Å². The van der Waals surface area contributed by atoms with Crippen molar-refractivity contribution in [2.24, 2.45) is 0 Å². The second kappa shape index (κ2) is 6.41. The molecule has 8 heteroatoms. The number of carbonyl (C=O) groups excluding carboxylic acids is 2. The van der Waals surface area contributed by atoms with Crippen LogP contribution in [0, 0.1) is 21.4 Å². The summed E-state index contributed by atoms with van der Waals surface area (Å²) in [5.74, 6) is -0.860. The van der Waals surface area contributed by atoms with Gasteiger partial charge in [0.05, 0.1) is 28.7 Å². The predicted molar refractivity (Wildman–Crippen MR) is 85.1 cm³/mol. The molecule has 2 amide bonds. The van der Waals surface area contributed by atoms with Crippen LogP contribution < -0.4 is 4.74 Å². The minimum Gasteiger partial charge on any atom is -0.492 e. The molecular formula is C17H11N3O5. The molecular weight excluding hydrogens is 326 g/mol. The molecule has 0 unspecified atom stereocenters. The first-order chi connectivity index (χ1) is 12.0. The molecule has 1 aliphatic heterocycles. The third-order valence-corrected chi connectivity index (χ3v) is 3.72. The lowest BCUT2D eigenvalue weighted by atomic mass is 10.1. The van der Waals surface area contributed by atoms with Crippen LogP contribution in [0.15, 0.2) is 42.5 Å². The van der Waals surface area contributed by atoms with Crippen molar-refractivity contribution in [1.29, 1.82) is 5.26 Å². The van der Waals surface area contributed by atoms with Crippen LogP contribution in [-0.2, 0) is 0 Å². The number of benzene rings is 2. The average Bonchev–Trinajstić information content (AvgIpc) is 2.86. The molecule has 0 aromatic heterocycles. The molecule has 2 aromatic carbocycles. The van der Waals surface area contributed by atoms with Gasteiger partial charge in [-0.05, 0) is 24.3 Å². The van der Waals surface area contributed by atoms with E-state index in [-0.39, 0.29) is 30.0 Å². The van der Waals surface area contributed by atoms with Gasteiger partial charge in [0.2, 0.25) is 0 Å². The third-order valence-electron chi connectivity index (χ3n) is 3.72. The monoisotopic (exact) mass is 337 g/mol. The zero-order valence-electron chi connectivity index (χ0n) is 12.8. The van der Waals surface area contributed by atoms with Gasteiger partial charge in [-0.1, -0.05) is 12.1 Å². The molecule has 25 heavy (non-hydrogen) atoms. The molecule has 0 spiro atoms. The van der Waals surface area contributed by atoms with Crippen molar-refractivity contribution in [3.8, 4) is 11.8 Å². The Labute approximate surface area is 142 Å². The Balaban J connectivity index is 1.73. The summed E-state index contributed by atoms with van der Waals surface area (Å²) < 4.78 is 5.45. The van der Waals surface area contributed by atoms with Crippen LogP contribution in [0.4, 0.5) is 5.69 Å². The number of rotatable bonds is 5. The summed E-state index contributed by atoms with van der Waals surface area (Å²) >= 11 is 0. The Morgan fingerprint density at radius 3 is 2.64 bits per heavy atom. The molecule has 0 aliphatic carbocycles. The molecule has 0 saturated carbocycles. The number of nitro groups is 1. The maximum Gasteiger partial charge on any atom is 0.282 e.